The Morgan fingerprint density at radius 3 is 2.00 bits per heavy atom. The number of rotatable bonds is 3. The van der Waals surface area contributed by atoms with E-state index in [9.17, 15) is 15.0 Å². The van der Waals surface area contributed by atoms with Crippen LogP contribution in [0.3, 0.4) is 0 Å². The number of benzene rings is 4. The fraction of sp³-hybridized carbons (Fsp3) is 0. The van der Waals surface area contributed by atoms with Crippen molar-refractivity contribution in [2.24, 2.45) is 0 Å². The number of carboxylic acids is 1. The quantitative estimate of drug-likeness (QED) is 0.512. The highest BCUT2D eigenvalue weighted by atomic mass is 16.4. The molecule has 0 bridgehead atoms. The van der Waals surface area contributed by atoms with Gasteiger partial charge >= 0.3 is 5.97 Å². The first-order chi connectivity index (χ1) is 12.6. The fourth-order valence-corrected chi connectivity index (χ4v) is 3.15. The largest absolute Gasteiger partial charge is 0.507 e. The predicted octanol–water partition coefficient (Wildman–Crippen LogP) is 5.58. The van der Waals surface area contributed by atoms with Crippen molar-refractivity contribution >= 4 is 16.7 Å². The third-order valence-electron chi connectivity index (χ3n) is 4.49. The summed E-state index contributed by atoms with van der Waals surface area (Å²) in [6, 6.07) is 27.2. The topological polar surface area (TPSA) is 57.5 Å². The molecule has 0 spiro atoms. The Kier molecular flexibility index (Phi) is 3.90. The van der Waals surface area contributed by atoms with Gasteiger partial charge in [-0.25, -0.2) is 4.79 Å². The molecule has 0 unspecified atom stereocenters. The van der Waals surface area contributed by atoms with E-state index in [1.807, 2.05) is 48.5 Å². The highest BCUT2D eigenvalue weighted by molar-refractivity contribution is 5.98. The van der Waals surface area contributed by atoms with Crippen LogP contribution in [0.1, 0.15) is 10.4 Å². The van der Waals surface area contributed by atoms with E-state index in [1.165, 1.54) is 12.1 Å². The summed E-state index contributed by atoms with van der Waals surface area (Å²) < 4.78 is 0. The van der Waals surface area contributed by atoms with Crippen LogP contribution in [0.5, 0.6) is 5.75 Å². The molecule has 0 fully saturated rings. The number of carbonyl (C=O) groups is 1. The van der Waals surface area contributed by atoms with Gasteiger partial charge in [-0.2, -0.15) is 0 Å². The van der Waals surface area contributed by atoms with Crippen LogP contribution in [0.15, 0.2) is 84.9 Å². The lowest BCUT2D eigenvalue weighted by Gasteiger charge is -2.09. The Balaban J connectivity index is 1.82. The Hall–Kier alpha value is -3.59. The maximum absolute atomic E-state index is 11.3. The Morgan fingerprint density at radius 1 is 0.615 bits per heavy atom. The highest BCUT2D eigenvalue weighted by Gasteiger charge is 2.11. The molecule has 4 aromatic carbocycles. The summed E-state index contributed by atoms with van der Waals surface area (Å²) in [5.41, 5.74) is 4.23. The second-order valence-electron chi connectivity index (χ2n) is 6.18. The van der Waals surface area contributed by atoms with E-state index in [2.05, 4.69) is 24.3 Å². The number of phenols is 1. The lowest BCUT2D eigenvalue weighted by molar-refractivity contribution is 0.0694. The molecule has 2 N–H and O–H groups in total. The zero-order chi connectivity index (χ0) is 18.1. The number of hydrogen-bond donors (Lipinski definition) is 2. The van der Waals surface area contributed by atoms with E-state index in [0.717, 1.165) is 33.0 Å². The van der Waals surface area contributed by atoms with E-state index in [4.69, 9.17) is 0 Å². The number of aromatic carboxylic acids is 1. The molecule has 0 amide bonds. The second-order valence-corrected chi connectivity index (χ2v) is 6.18. The van der Waals surface area contributed by atoms with Crippen molar-refractivity contribution in [3.63, 3.8) is 0 Å². The van der Waals surface area contributed by atoms with E-state index >= 15 is 0 Å². The maximum atomic E-state index is 11.3. The summed E-state index contributed by atoms with van der Waals surface area (Å²) in [4.78, 5) is 11.3. The molecule has 0 aliphatic rings. The minimum atomic E-state index is -1.14. The van der Waals surface area contributed by atoms with Gasteiger partial charge < -0.3 is 10.2 Å². The number of fused-ring (bicyclic) bond motifs is 1. The molecule has 4 rings (SSSR count). The van der Waals surface area contributed by atoms with Crippen molar-refractivity contribution in [3.8, 4) is 28.0 Å². The van der Waals surface area contributed by atoms with Crippen LogP contribution in [0.2, 0.25) is 0 Å². The summed E-state index contributed by atoms with van der Waals surface area (Å²) >= 11 is 0. The zero-order valence-corrected chi connectivity index (χ0v) is 13.9. The Bertz CT molecular complexity index is 1110. The lowest BCUT2D eigenvalue weighted by Crippen LogP contribution is -1.96. The minimum Gasteiger partial charge on any atom is -0.507 e. The standard InChI is InChI=1S/C23H16O3/c24-22-14-19-10-9-18(12-20(19)13-21(22)23(25)26)17-8-4-7-16(11-17)15-5-2-1-3-6-15/h1-14,24H,(H,25,26). The molecule has 26 heavy (non-hydrogen) atoms. The Morgan fingerprint density at radius 2 is 1.27 bits per heavy atom. The van der Waals surface area contributed by atoms with Crippen molar-refractivity contribution in [1.82, 2.24) is 0 Å². The highest BCUT2D eigenvalue weighted by Crippen LogP contribution is 2.31. The molecule has 3 heteroatoms. The van der Waals surface area contributed by atoms with Gasteiger partial charge in [0.2, 0.25) is 0 Å². The van der Waals surface area contributed by atoms with Gasteiger partial charge in [0.05, 0.1) is 0 Å². The summed E-state index contributed by atoms with van der Waals surface area (Å²) in [5, 5.41) is 20.6. The van der Waals surface area contributed by atoms with Crippen molar-refractivity contribution in [2.45, 2.75) is 0 Å². The minimum absolute atomic E-state index is 0.0901. The molecular formula is C23H16O3. The predicted molar refractivity (Wildman–Crippen MR) is 103 cm³/mol. The summed E-state index contributed by atoms with van der Waals surface area (Å²) in [5.74, 6) is -1.36. The molecule has 0 atom stereocenters. The zero-order valence-electron chi connectivity index (χ0n) is 13.9. The van der Waals surface area contributed by atoms with Gasteiger partial charge in [-0.05, 0) is 57.3 Å². The molecule has 0 radical (unpaired) electrons. The van der Waals surface area contributed by atoms with Crippen molar-refractivity contribution in [2.75, 3.05) is 0 Å². The van der Waals surface area contributed by atoms with Gasteiger partial charge in [0.1, 0.15) is 11.3 Å². The van der Waals surface area contributed by atoms with Gasteiger partial charge in [0.25, 0.3) is 0 Å². The fourth-order valence-electron chi connectivity index (χ4n) is 3.15. The van der Waals surface area contributed by atoms with E-state index in [1.54, 1.807) is 0 Å². The molecule has 0 saturated heterocycles. The van der Waals surface area contributed by atoms with E-state index in [-0.39, 0.29) is 11.3 Å². The maximum Gasteiger partial charge on any atom is 0.339 e. The van der Waals surface area contributed by atoms with Crippen molar-refractivity contribution in [1.29, 1.82) is 0 Å². The molecule has 0 heterocycles. The monoisotopic (exact) mass is 340 g/mol. The first kappa shape index (κ1) is 15.9. The number of carboxylic acid groups (broad SMARTS) is 1. The SMILES string of the molecule is O=C(O)c1cc2cc(-c3cccc(-c4ccccc4)c3)ccc2cc1O. The smallest absolute Gasteiger partial charge is 0.339 e. The van der Waals surface area contributed by atoms with Crippen LogP contribution in [0.4, 0.5) is 0 Å². The molecule has 0 aliphatic carbocycles. The van der Waals surface area contributed by atoms with Crippen molar-refractivity contribution in [3.05, 3.63) is 90.5 Å². The molecule has 0 saturated carbocycles. The van der Waals surface area contributed by atoms with Gasteiger partial charge in [-0.3, -0.25) is 0 Å². The van der Waals surface area contributed by atoms with Crippen LogP contribution >= 0.6 is 0 Å². The van der Waals surface area contributed by atoms with Crippen LogP contribution in [-0.2, 0) is 0 Å². The molecule has 4 aromatic rings. The second kappa shape index (κ2) is 6.37. The molecular weight excluding hydrogens is 324 g/mol. The first-order valence-corrected chi connectivity index (χ1v) is 8.28. The summed E-state index contributed by atoms with van der Waals surface area (Å²) in [6.07, 6.45) is 0. The third-order valence-corrected chi connectivity index (χ3v) is 4.49. The van der Waals surface area contributed by atoms with Crippen LogP contribution in [-0.4, -0.2) is 16.2 Å². The average molecular weight is 340 g/mol. The lowest BCUT2D eigenvalue weighted by atomic mass is 9.96. The van der Waals surface area contributed by atoms with Crippen molar-refractivity contribution < 1.29 is 15.0 Å². The van der Waals surface area contributed by atoms with Crippen LogP contribution in [0, 0.1) is 0 Å². The van der Waals surface area contributed by atoms with E-state index in [0.29, 0.717) is 0 Å². The van der Waals surface area contributed by atoms with Crippen LogP contribution in [0.25, 0.3) is 33.0 Å². The van der Waals surface area contributed by atoms with Gasteiger partial charge in [-0.1, -0.05) is 60.7 Å². The molecule has 0 aromatic heterocycles. The van der Waals surface area contributed by atoms with Crippen LogP contribution < -0.4 is 0 Å². The average Bonchev–Trinajstić information content (AvgIpc) is 2.68. The van der Waals surface area contributed by atoms with Gasteiger partial charge in [0.15, 0.2) is 0 Å². The van der Waals surface area contributed by atoms with E-state index < -0.39 is 5.97 Å². The van der Waals surface area contributed by atoms with Gasteiger partial charge in [-0.15, -0.1) is 0 Å². The molecule has 3 nitrogen and oxygen atoms in total. The molecule has 126 valence electrons. The Labute approximate surface area is 150 Å². The third kappa shape index (κ3) is 2.91. The first-order valence-electron chi connectivity index (χ1n) is 8.28. The molecule has 0 aliphatic heterocycles. The normalized spacial score (nSPS) is 10.8. The number of hydrogen-bond acceptors (Lipinski definition) is 2. The van der Waals surface area contributed by atoms with Gasteiger partial charge in [0, 0.05) is 0 Å². The summed E-state index contributed by atoms with van der Waals surface area (Å²) in [7, 11) is 0. The summed E-state index contributed by atoms with van der Waals surface area (Å²) in [6.45, 7) is 0. The number of aromatic hydroxyl groups is 1.